The molecule has 0 atom stereocenters. The summed E-state index contributed by atoms with van der Waals surface area (Å²) in [6.45, 7) is 1.43. The Morgan fingerprint density at radius 2 is 1.75 bits per heavy atom. The van der Waals surface area contributed by atoms with Gasteiger partial charge in [0.25, 0.3) is 5.62 Å². The van der Waals surface area contributed by atoms with Crippen molar-refractivity contribution in [3.63, 3.8) is 0 Å². The lowest BCUT2D eigenvalue weighted by atomic mass is 10.4. The van der Waals surface area contributed by atoms with Crippen LogP contribution in [0.1, 0.15) is 5.69 Å². The van der Waals surface area contributed by atoms with Gasteiger partial charge in [-0.2, -0.15) is 4.73 Å². The lowest BCUT2D eigenvalue weighted by Crippen LogP contribution is -2.39. The molecular formula is C5H7ClN4O2. The minimum Gasteiger partial charge on any atom is -0.425 e. The van der Waals surface area contributed by atoms with Gasteiger partial charge in [0.2, 0.25) is 0 Å². The zero-order valence-corrected chi connectivity index (χ0v) is 6.92. The quantitative estimate of drug-likeness (QED) is 0.422. The van der Waals surface area contributed by atoms with Crippen LogP contribution in [0, 0.1) is 17.7 Å². The standard InChI is InChI=1S/C5H7ClN4O2/c1-2-3(6)4(7)10(12)5(8)9(2)11/h7-8,11-12H,1H3. The molecule has 0 spiro atoms. The van der Waals surface area contributed by atoms with E-state index in [0.29, 0.717) is 4.73 Å². The summed E-state index contributed by atoms with van der Waals surface area (Å²) < 4.78 is 0.565. The number of nitrogens with one attached hydrogen (secondary N) is 2. The highest BCUT2D eigenvalue weighted by Crippen LogP contribution is 2.03. The van der Waals surface area contributed by atoms with Crippen molar-refractivity contribution < 1.29 is 10.4 Å². The van der Waals surface area contributed by atoms with Crippen LogP contribution in [-0.2, 0) is 0 Å². The second kappa shape index (κ2) is 2.56. The molecule has 12 heavy (non-hydrogen) atoms. The fourth-order valence-electron chi connectivity index (χ4n) is 0.712. The predicted octanol–water partition coefficient (Wildman–Crippen LogP) is -0.315. The summed E-state index contributed by atoms with van der Waals surface area (Å²) in [5.41, 5.74) is -0.914. The Hall–Kier alpha value is -1.43. The maximum Gasteiger partial charge on any atom is 0.271 e. The molecule has 0 saturated heterocycles. The Morgan fingerprint density at radius 1 is 1.25 bits per heavy atom. The van der Waals surface area contributed by atoms with Gasteiger partial charge in [-0.05, 0) is 6.92 Å². The summed E-state index contributed by atoms with van der Waals surface area (Å²) >= 11 is 5.53. The average Bonchev–Trinajstić information content (AvgIpc) is 2.08. The molecule has 0 aromatic carbocycles. The van der Waals surface area contributed by atoms with Gasteiger partial charge >= 0.3 is 0 Å². The first kappa shape index (κ1) is 8.66. The summed E-state index contributed by atoms with van der Waals surface area (Å²) in [6.07, 6.45) is 0. The maximum atomic E-state index is 9.07. The molecule has 0 unspecified atom stereocenters. The first-order valence-electron chi connectivity index (χ1n) is 2.98. The largest absolute Gasteiger partial charge is 0.425 e. The third kappa shape index (κ3) is 0.964. The van der Waals surface area contributed by atoms with E-state index >= 15 is 0 Å². The molecule has 0 bridgehead atoms. The van der Waals surface area contributed by atoms with Crippen LogP contribution >= 0.6 is 11.6 Å². The van der Waals surface area contributed by atoms with E-state index in [2.05, 4.69) is 0 Å². The average molecular weight is 191 g/mol. The van der Waals surface area contributed by atoms with E-state index in [-0.39, 0.29) is 15.4 Å². The highest BCUT2D eigenvalue weighted by molar-refractivity contribution is 6.30. The van der Waals surface area contributed by atoms with Crippen molar-refractivity contribution in [3.8, 4) is 0 Å². The molecule has 1 heterocycles. The van der Waals surface area contributed by atoms with Crippen molar-refractivity contribution in [3.05, 3.63) is 21.8 Å². The predicted molar refractivity (Wildman–Crippen MR) is 38.2 cm³/mol. The Bertz CT molecular complexity index is 395. The van der Waals surface area contributed by atoms with Crippen molar-refractivity contribution in [1.29, 1.82) is 10.8 Å². The van der Waals surface area contributed by atoms with Crippen molar-refractivity contribution in [1.82, 2.24) is 9.46 Å². The van der Waals surface area contributed by atoms with E-state index in [4.69, 9.17) is 32.8 Å². The normalized spacial score (nSPS) is 10.2. The molecule has 1 rings (SSSR count). The number of halogens is 1. The number of hydrogen-bond donors (Lipinski definition) is 4. The van der Waals surface area contributed by atoms with Crippen LogP contribution in [-0.4, -0.2) is 19.9 Å². The van der Waals surface area contributed by atoms with Crippen LogP contribution in [0.2, 0.25) is 5.02 Å². The van der Waals surface area contributed by atoms with Crippen LogP contribution < -0.4 is 11.1 Å². The first-order valence-corrected chi connectivity index (χ1v) is 3.36. The van der Waals surface area contributed by atoms with Gasteiger partial charge in [-0.25, -0.2) is 0 Å². The van der Waals surface area contributed by atoms with Crippen LogP contribution in [0.4, 0.5) is 0 Å². The zero-order chi connectivity index (χ0) is 9.46. The van der Waals surface area contributed by atoms with Gasteiger partial charge in [-0.3, -0.25) is 10.8 Å². The summed E-state index contributed by atoms with van der Waals surface area (Å²) in [7, 11) is 0. The van der Waals surface area contributed by atoms with Crippen LogP contribution in [0.25, 0.3) is 0 Å². The molecule has 0 aliphatic rings. The number of rotatable bonds is 0. The molecule has 1 aromatic rings. The maximum absolute atomic E-state index is 9.07. The molecule has 0 radical (unpaired) electrons. The molecule has 1 aromatic heterocycles. The van der Waals surface area contributed by atoms with Gasteiger partial charge in [0, 0.05) is 0 Å². The Morgan fingerprint density at radius 3 is 2.25 bits per heavy atom. The van der Waals surface area contributed by atoms with Crippen molar-refractivity contribution in [2.24, 2.45) is 0 Å². The first-order chi connectivity index (χ1) is 5.46. The van der Waals surface area contributed by atoms with Crippen LogP contribution in [0.3, 0.4) is 0 Å². The molecular weight excluding hydrogens is 184 g/mol. The molecule has 0 amide bonds. The summed E-state index contributed by atoms with van der Waals surface area (Å²) in [6, 6.07) is 0. The van der Waals surface area contributed by atoms with E-state index in [9.17, 15) is 0 Å². The summed E-state index contributed by atoms with van der Waals surface area (Å²) in [5, 5.41) is 32.2. The lowest BCUT2D eigenvalue weighted by molar-refractivity contribution is 0.0884. The fraction of sp³-hybridized carbons (Fsp3) is 0.200. The van der Waals surface area contributed by atoms with Gasteiger partial charge in [-0.15, -0.1) is 4.73 Å². The highest BCUT2D eigenvalue weighted by Gasteiger charge is 2.07. The molecule has 6 nitrogen and oxygen atoms in total. The smallest absolute Gasteiger partial charge is 0.271 e. The lowest BCUT2D eigenvalue weighted by Gasteiger charge is -2.06. The second-order valence-electron chi connectivity index (χ2n) is 2.20. The fourth-order valence-corrected chi connectivity index (χ4v) is 0.872. The minimum absolute atomic E-state index is 0.101. The Labute approximate surface area is 71.8 Å². The monoisotopic (exact) mass is 190 g/mol. The minimum atomic E-state index is -0.623. The van der Waals surface area contributed by atoms with E-state index in [1.807, 2.05) is 0 Å². The van der Waals surface area contributed by atoms with Gasteiger partial charge in [-0.1, -0.05) is 11.6 Å². The number of hydrogen-bond acceptors (Lipinski definition) is 4. The molecule has 0 fully saturated rings. The third-order valence-electron chi connectivity index (χ3n) is 1.46. The summed E-state index contributed by atoms with van der Waals surface area (Å²) in [4.78, 5) is 0. The molecule has 0 aliphatic heterocycles. The van der Waals surface area contributed by atoms with Gasteiger partial charge in [0.05, 0.1) is 5.69 Å². The van der Waals surface area contributed by atoms with E-state index < -0.39 is 11.1 Å². The second-order valence-corrected chi connectivity index (χ2v) is 2.57. The Balaban J connectivity index is 3.86. The molecule has 4 N–H and O–H groups in total. The van der Waals surface area contributed by atoms with E-state index in [0.717, 1.165) is 0 Å². The van der Waals surface area contributed by atoms with E-state index in [1.165, 1.54) is 6.92 Å². The number of nitrogens with zero attached hydrogens (tertiary/aromatic N) is 2. The van der Waals surface area contributed by atoms with Crippen molar-refractivity contribution in [2.45, 2.75) is 6.92 Å². The molecule has 0 aliphatic carbocycles. The molecule has 66 valence electrons. The van der Waals surface area contributed by atoms with Gasteiger partial charge in [0.15, 0.2) is 5.49 Å². The van der Waals surface area contributed by atoms with Crippen molar-refractivity contribution in [2.75, 3.05) is 0 Å². The topological polar surface area (TPSA) is 98.0 Å². The SMILES string of the molecule is Cc1c(Cl)c(=N)n(O)c(=N)n1O. The van der Waals surface area contributed by atoms with E-state index in [1.54, 1.807) is 0 Å². The van der Waals surface area contributed by atoms with Gasteiger partial charge < -0.3 is 10.4 Å². The highest BCUT2D eigenvalue weighted by atomic mass is 35.5. The molecule has 7 heteroatoms. The number of aromatic nitrogens is 2. The third-order valence-corrected chi connectivity index (χ3v) is 1.91. The van der Waals surface area contributed by atoms with Crippen molar-refractivity contribution >= 4 is 11.6 Å². The summed E-state index contributed by atoms with van der Waals surface area (Å²) in [5.74, 6) is 0. The van der Waals surface area contributed by atoms with Gasteiger partial charge in [0.1, 0.15) is 5.02 Å². The Kier molecular flexibility index (Phi) is 1.85. The van der Waals surface area contributed by atoms with Crippen LogP contribution in [0.15, 0.2) is 0 Å². The zero-order valence-electron chi connectivity index (χ0n) is 6.17. The van der Waals surface area contributed by atoms with Crippen LogP contribution in [0.5, 0.6) is 0 Å². The molecule has 0 saturated carbocycles.